The van der Waals surface area contributed by atoms with Gasteiger partial charge < -0.3 is 38.0 Å². The van der Waals surface area contributed by atoms with Crippen molar-refractivity contribution in [1.29, 1.82) is 5.26 Å². The van der Waals surface area contributed by atoms with Crippen molar-refractivity contribution in [3.8, 4) is 73.7 Å². The van der Waals surface area contributed by atoms with Crippen LogP contribution in [0.4, 0.5) is 4.39 Å². The summed E-state index contributed by atoms with van der Waals surface area (Å²) in [7, 11) is -3.66. The van der Waals surface area contributed by atoms with E-state index in [9.17, 15) is 28.0 Å². The Hall–Kier alpha value is -10.1. The highest BCUT2D eigenvalue weighted by molar-refractivity contribution is 7.86. The molecule has 3 aromatic heterocycles. The number of rotatable bonds is 27. The van der Waals surface area contributed by atoms with E-state index in [1.165, 1.54) is 41.9 Å². The third-order valence-electron chi connectivity index (χ3n) is 17.4. The zero-order valence-electron chi connectivity index (χ0n) is 55.8. The zero-order chi connectivity index (χ0) is 70.2. The number of aryl methyl sites for hydroxylation is 1. The first-order valence-electron chi connectivity index (χ1n) is 31.6. The Morgan fingerprint density at radius 1 is 0.727 bits per heavy atom. The minimum Gasteiger partial charge on any atom is -0.543 e. The second-order valence-corrected chi connectivity index (χ2v) is 32.6. The Labute approximate surface area is 584 Å². The van der Waals surface area contributed by atoms with Crippen molar-refractivity contribution in [2.24, 2.45) is 0 Å². The first-order valence-corrected chi connectivity index (χ1v) is 37.1. The number of benzene rings is 8. The standard InChI is InChI=1S/C77H71ClFN5O12S2Si/c1-48-19-34-62(35-20-48)98(87,88)93-46-61(45-92-77(53-16-11-10-12-17-53,54-23-29-58(89-6)30-24-54)55-25-31-59(90-7)32-26-55)94-66-38-36-63(49(2)70(66)78)68-69-73(82-47-83-74(69)97-71(68)50-21-27-56(79)28-22-50)95-67(75(85)86)42-52-41-60(96-99(8,9)76(3,4)5)33-37-65(52)91-44-57-39-40-81-72(84-57)64-18-14-13-15-51(64)43-80/h10-41,47,61,67H,42,44-46H2,1-9H3,(H,85,86). The average Bonchev–Trinajstić information content (AvgIpc) is 1.71. The van der Waals surface area contributed by atoms with Crippen LogP contribution in [0, 0.1) is 31.0 Å². The molecule has 22 heteroatoms. The van der Waals surface area contributed by atoms with E-state index in [0.717, 1.165) is 11.1 Å². The van der Waals surface area contributed by atoms with Gasteiger partial charge >= 0.3 is 5.97 Å². The van der Waals surface area contributed by atoms with Gasteiger partial charge in [-0.1, -0.05) is 135 Å². The second kappa shape index (κ2) is 30.0. The number of ether oxygens (including phenoxy) is 6. The number of hydrogen-bond donors (Lipinski definition) is 1. The molecule has 17 nitrogen and oxygen atoms in total. The SMILES string of the molecule is COc1ccc(C(OCC(COS(=O)(=O)c2ccc(C)cc2)Oc2ccc(-c3c(-c4ccc(F)cc4)sc4ncnc(OC(Cc5cc(O[Si](C)(C)C(C)(C)C)ccc5OCc5ccnc(-c6ccccc6C#N)n5)C(=O)O)c34)c(C)c2Cl)(c2ccccc2)c2ccc(OC)cc2)cc1. The quantitative estimate of drug-likeness (QED) is 0.0287. The van der Waals surface area contributed by atoms with E-state index in [1.807, 2.05) is 85.8 Å². The minimum atomic E-state index is -4.38. The molecule has 11 rings (SSSR count). The average molecular weight is 1410 g/mol. The van der Waals surface area contributed by atoms with Gasteiger partial charge in [0.15, 0.2) is 5.82 Å². The topological polar surface area (TPSA) is 221 Å². The van der Waals surface area contributed by atoms with Gasteiger partial charge in [0, 0.05) is 34.2 Å². The van der Waals surface area contributed by atoms with E-state index in [2.05, 4.69) is 49.9 Å². The van der Waals surface area contributed by atoms with Crippen LogP contribution in [0.15, 0.2) is 205 Å². The molecule has 506 valence electrons. The fourth-order valence-electron chi connectivity index (χ4n) is 11.0. The molecule has 8 aromatic carbocycles. The van der Waals surface area contributed by atoms with Crippen molar-refractivity contribution in [1.82, 2.24) is 19.9 Å². The van der Waals surface area contributed by atoms with E-state index < -0.39 is 54.6 Å². The highest BCUT2D eigenvalue weighted by atomic mass is 35.5. The van der Waals surface area contributed by atoms with Crippen LogP contribution in [0.25, 0.3) is 43.2 Å². The number of fused-ring (bicyclic) bond motifs is 1. The summed E-state index contributed by atoms with van der Waals surface area (Å²) in [6.45, 7) is 13.3. The maximum atomic E-state index is 14.8. The Balaban J connectivity index is 0.977. The van der Waals surface area contributed by atoms with Crippen LogP contribution < -0.4 is 28.1 Å². The van der Waals surface area contributed by atoms with Crippen LogP contribution >= 0.6 is 22.9 Å². The maximum absolute atomic E-state index is 14.8. The third kappa shape index (κ3) is 15.6. The molecule has 0 radical (unpaired) electrons. The summed E-state index contributed by atoms with van der Waals surface area (Å²) in [5.74, 6) is 0.665. The number of nitriles is 1. The highest BCUT2D eigenvalue weighted by Crippen LogP contribution is 2.51. The number of methoxy groups -OCH3 is 2. The Bertz CT molecular complexity index is 4820. The molecule has 1 N–H and O–H groups in total. The summed E-state index contributed by atoms with van der Waals surface area (Å²) in [5.41, 5.74) is 5.60. The molecule has 0 fully saturated rings. The van der Waals surface area contributed by atoms with E-state index in [4.69, 9.17) is 58.6 Å². The first kappa shape index (κ1) is 70.3. The lowest BCUT2D eigenvalue weighted by Crippen LogP contribution is -2.43. The summed E-state index contributed by atoms with van der Waals surface area (Å²) >= 11 is 8.81. The summed E-state index contributed by atoms with van der Waals surface area (Å²) < 4.78 is 94.1. The van der Waals surface area contributed by atoms with Crippen molar-refractivity contribution in [3.05, 3.63) is 256 Å². The molecule has 11 aromatic rings. The molecule has 2 atom stereocenters. The molecule has 0 saturated carbocycles. The van der Waals surface area contributed by atoms with Gasteiger partial charge in [-0.15, -0.1) is 11.3 Å². The lowest BCUT2D eigenvalue weighted by atomic mass is 9.80. The second-order valence-electron chi connectivity index (χ2n) is 24.9. The summed E-state index contributed by atoms with van der Waals surface area (Å²) in [5, 5.41) is 21.3. The number of carboxylic acid groups (broad SMARTS) is 1. The van der Waals surface area contributed by atoms with Gasteiger partial charge in [0.25, 0.3) is 10.1 Å². The van der Waals surface area contributed by atoms with Crippen LogP contribution in [0.2, 0.25) is 23.2 Å². The summed E-state index contributed by atoms with van der Waals surface area (Å²) in [6.07, 6.45) is -0.163. The van der Waals surface area contributed by atoms with E-state index >= 15 is 0 Å². The predicted molar refractivity (Wildman–Crippen MR) is 382 cm³/mol. The number of nitrogens with zero attached hydrogens (tertiary/aromatic N) is 5. The van der Waals surface area contributed by atoms with Crippen molar-refractivity contribution in [3.63, 3.8) is 0 Å². The molecule has 0 aliphatic rings. The van der Waals surface area contributed by atoms with Gasteiger partial charge in [0.2, 0.25) is 20.3 Å². The van der Waals surface area contributed by atoms with Crippen LogP contribution in [0.5, 0.6) is 34.6 Å². The van der Waals surface area contributed by atoms with Gasteiger partial charge in [0.1, 0.15) is 70.6 Å². The fraction of sp³-hybridized carbons (Fsp3) is 0.221. The van der Waals surface area contributed by atoms with Gasteiger partial charge in [0.05, 0.1) is 53.5 Å². The highest BCUT2D eigenvalue weighted by Gasteiger charge is 2.41. The number of carbonyl (C=O) groups is 1. The lowest BCUT2D eigenvalue weighted by Gasteiger charge is -2.37. The normalized spacial score (nSPS) is 12.5. The number of hydrogen-bond acceptors (Lipinski definition) is 17. The van der Waals surface area contributed by atoms with Crippen LogP contribution in [0.1, 0.15) is 65.4 Å². The summed E-state index contributed by atoms with van der Waals surface area (Å²) in [4.78, 5) is 33.2. The molecule has 0 aliphatic carbocycles. The van der Waals surface area contributed by atoms with Gasteiger partial charge in [-0.25, -0.2) is 29.1 Å². The largest absolute Gasteiger partial charge is 0.543 e. The predicted octanol–water partition coefficient (Wildman–Crippen LogP) is 17.0. The number of carboxylic acids is 1. The van der Waals surface area contributed by atoms with Crippen molar-refractivity contribution >= 4 is 57.6 Å². The molecule has 3 heterocycles. The number of aliphatic carboxylic acids is 1. The van der Waals surface area contributed by atoms with Crippen molar-refractivity contribution < 1.29 is 59.7 Å². The third-order valence-corrected chi connectivity index (χ3v) is 24.6. The first-order chi connectivity index (χ1) is 47.5. The molecular formula is C77H71ClFN5O12S2Si. The van der Waals surface area contributed by atoms with E-state index in [-0.39, 0.29) is 46.2 Å². The van der Waals surface area contributed by atoms with Gasteiger partial charge in [-0.05, 0) is 156 Å². The monoisotopic (exact) mass is 1400 g/mol. The van der Waals surface area contributed by atoms with Crippen LogP contribution in [0.3, 0.4) is 0 Å². The number of halogens is 2. The molecule has 0 aliphatic heterocycles. The Kier molecular flexibility index (Phi) is 21.3. The molecular weight excluding hydrogens is 1330 g/mol. The Morgan fingerprint density at radius 2 is 1.36 bits per heavy atom. The van der Waals surface area contributed by atoms with Crippen molar-refractivity contribution in [2.45, 2.75) is 88.5 Å². The number of aromatic nitrogens is 4. The van der Waals surface area contributed by atoms with E-state index in [1.54, 1.807) is 112 Å². The van der Waals surface area contributed by atoms with Crippen LogP contribution in [-0.2, 0) is 42.5 Å². The summed E-state index contributed by atoms with van der Waals surface area (Å²) in [6, 6.07) is 56.3. The smallest absolute Gasteiger partial charge is 0.345 e. The molecule has 0 bridgehead atoms. The molecule has 99 heavy (non-hydrogen) atoms. The van der Waals surface area contributed by atoms with Gasteiger partial charge in [-0.3, -0.25) is 4.18 Å². The molecule has 2 unspecified atom stereocenters. The maximum Gasteiger partial charge on any atom is 0.345 e. The zero-order valence-corrected chi connectivity index (χ0v) is 59.2. The molecule has 0 spiro atoms. The Morgan fingerprint density at radius 3 is 2.01 bits per heavy atom. The van der Waals surface area contributed by atoms with Gasteiger partial charge in [-0.2, -0.15) is 13.7 Å². The van der Waals surface area contributed by atoms with Crippen molar-refractivity contribution in [2.75, 3.05) is 27.4 Å². The number of thiophene rings is 1. The van der Waals surface area contributed by atoms with Crippen LogP contribution in [-0.4, -0.2) is 87.4 Å². The lowest BCUT2D eigenvalue weighted by molar-refractivity contribution is -0.145. The van der Waals surface area contributed by atoms with E-state index in [0.29, 0.717) is 99.7 Å². The molecule has 0 saturated heterocycles. The molecule has 0 amide bonds. The fourth-order valence-corrected chi connectivity index (χ4v) is 14.3. The minimum absolute atomic E-state index is 0.0523.